The van der Waals surface area contributed by atoms with Crippen molar-refractivity contribution in [1.82, 2.24) is 0 Å². The molecule has 0 nitrogen and oxygen atoms in total. The summed E-state index contributed by atoms with van der Waals surface area (Å²) < 4.78 is 1.32. The molecule has 0 aliphatic carbocycles. The van der Waals surface area contributed by atoms with Crippen molar-refractivity contribution >= 4 is 33.9 Å². The van der Waals surface area contributed by atoms with Gasteiger partial charge >= 0.3 is 0 Å². The third-order valence-electron chi connectivity index (χ3n) is 1.66. The molecule has 12 heavy (non-hydrogen) atoms. The minimum Gasteiger partial charge on any atom is -0.144 e. The molecule has 1 heterocycles. The van der Waals surface area contributed by atoms with Crippen LogP contribution in [0.5, 0.6) is 0 Å². The Labute approximate surface area is 89.4 Å². The fourth-order valence-electron chi connectivity index (χ4n) is 1.09. The fourth-order valence-corrected chi connectivity index (χ4v) is 2.72. The average molecular weight is 286 g/mol. The normalized spacial score (nSPS) is 10.1. The number of hydrogen-bond acceptors (Lipinski definition) is 1. The van der Waals surface area contributed by atoms with Crippen LogP contribution in [-0.4, -0.2) is 0 Å². The van der Waals surface area contributed by atoms with Crippen LogP contribution < -0.4 is 0 Å². The highest BCUT2D eigenvalue weighted by Gasteiger charge is 2.00. The van der Waals surface area contributed by atoms with Crippen LogP contribution in [0, 0.1) is 3.57 Å². The van der Waals surface area contributed by atoms with Crippen molar-refractivity contribution in [1.29, 1.82) is 0 Å². The van der Waals surface area contributed by atoms with E-state index in [1.807, 2.05) is 0 Å². The van der Waals surface area contributed by atoms with Crippen LogP contribution in [0.1, 0.15) is 0 Å². The molecule has 0 saturated heterocycles. The molecular formula is C10H7IS. The Morgan fingerprint density at radius 3 is 2.50 bits per heavy atom. The van der Waals surface area contributed by atoms with Crippen molar-refractivity contribution in [2.24, 2.45) is 0 Å². The Balaban J connectivity index is 2.55. The SMILES string of the molecule is Ic1ccccc1-c1cccs1. The monoisotopic (exact) mass is 286 g/mol. The first-order valence-corrected chi connectivity index (χ1v) is 5.62. The summed E-state index contributed by atoms with van der Waals surface area (Å²) in [7, 11) is 0. The maximum atomic E-state index is 2.37. The van der Waals surface area contributed by atoms with Gasteiger partial charge in [0.2, 0.25) is 0 Å². The molecule has 60 valence electrons. The zero-order valence-corrected chi connectivity index (χ0v) is 9.30. The van der Waals surface area contributed by atoms with Gasteiger partial charge in [-0.2, -0.15) is 0 Å². The topological polar surface area (TPSA) is 0 Å². The molecule has 0 saturated carbocycles. The van der Waals surface area contributed by atoms with Gasteiger partial charge in [0, 0.05) is 14.0 Å². The van der Waals surface area contributed by atoms with Crippen molar-refractivity contribution in [2.45, 2.75) is 0 Å². The summed E-state index contributed by atoms with van der Waals surface area (Å²) in [6.45, 7) is 0. The van der Waals surface area contributed by atoms with Crippen molar-refractivity contribution in [2.75, 3.05) is 0 Å². The predicted octanol–water partition coefficient (Wildman–Crippen LogP) is 4.02. The van der Waals surface area contributed by atoms with Gasteiger partial charge in [0.05, 0.1) is 0 Å². The lowest BCUT2D eigenvalue weighted by Crippen LogP contribution is -1.76. The van der Waals surface area contributed by atoms with E-state index in [0.29, 0.717) is 0 Å². The summed E-state index contributed by atoms with van der Waals surface area (Å²) in [5, 5.41) is 2.11. The van der Waals surface area contributed by atoms with Gasteiger partial charge in [-0.25, -0.2) is 0 Å². The van der Waals surface area contributed by atoms with E-state index in [2.05, 4.69) is 64.4 Å². The zero-order valence-electron chi connectivity index (χ0n) is 6.33. The van der Waals surface area contributed by atoms with Crippen LogP contribution in [0.4, 0.5) is 0 Å². The van der Waals surface area contributed by atoms with Gasteiger partial charge < -0.3 is 0 Å². The van der Waals surface area contributed by atoms with Gasteiger partial charge in [-0.1, -0.05) is 24.3 Å². The molecule has 0 bridgehead atoms. The van der Waals surface area contributed by atoms with E-state index >= 15 is 0 Å². The molecule has 2 rings (SSSR count). The molecule has 0 amide bonds. The molecule has 1 aromatic carbocycles. The molecule has 0 aliphatic rings. The third kappa shape index (κ3) is 1.54. The number of rotatable bonds is 1. The Morgan fingerprint density at radius 2 is 1.83 bits per heavy atom. The van der Waals surface area contributed by atoms with Crippen LogP contribution in [0.2, 0.25) is 0 Å². The van der Waals surface area contributed by atoms with Crippen LogP contribution >= 0.6 is 33.9 Å². The Bertz CT molecular complexity index is 365. The van der Waals surface area contributed by atoms with E-state index in [-0.39, 0.29) is 0 Å². The van der Waals surface area contributed by atoms with Gasteiger partial charge in [0.1, 0.15) is 0 Å². The molecule has 2 aromatic rings. The standard InChI is InChI=1S/C10H7IS/c11-9-5-2-1-4-8(9)10-6-3-7-12-10/h1-7H. The van der Waals surface area contributed by atoms with Crippen molar-refractivity contribution < 1.29 is 0 Å². The molecule has 0 fully saturated rings. The van der Waals surface area contributed by atoms with E-state index in [9.17, 15) is 0 Å². The fraction of sp³-hybridized carbons (Fsp3) is 0. The predicted molar refractivity (Wildman–Crippen MR) is 62.5 cm³/mol. The van der Waals surface area contributed by atoms with E-state index in [0.717, 1.165) is 0 Å². The maximum absolute atomic E-state index is 2.37. The maximum Gasteiger partial charge on any atom is 0.0353 e. The van der Waals surface area contributed by atoms with Crippen LogP contribution in [0.3, 0.4) is 0 Å². The van der Waals surface area contributed by atoms with Gasteiger partial charge in [-0.3, -0.25) is 0 Å². The zero-order chi connectivity index (χ0) is 8.39. The molecule has 2 heteroatoms. The van der Waals surface area contributed by atoms with E-state index in [1.54, 1.807) is 11.3 Å². The minimum absolute atomic E-state index is 1.32. The summed E-state index contributed by atoms with van der Waals surface area (Å²) >= 11 is 4.15. The second-order valence-electron chi connectivity index (χ2n) is 2.46. The van der Waals surface area contributed by atoms with E-state index in [4.69, 9.17) is 0 Å². The van der Waals surface area contributed by atoms with Gasteiger partial charge in [-0.15, -0.1) is 11.3 Å². The number of thiophene rings is 1. The molecule has 0 spiro atoms. The van der Waals surface area contributed by atoms with Gasteiger partial charge in [0.15, 0.2) is 0 Å². The Kier molecular flexibility index (Phi) is 2.46. The molecule has 0 radical (unpaired) electrons. The second kappa shape index (κ2) is 3.58. The average Bonchev–Trinajstić information content (AvgIpc) is 2.57. The third-order valence-corrected chi connectivity index (χ3v) is 3.50. The van der Waals surface area contributed by atoms with Gasteiger partial charge in [0.25, 0.3) is 0 Å². The van der Waals surface area contributed by atoms with Crippen LogP contribution in [-0.2, 0) is 0 Å². The first kappa shape index (κ1) is 8.26. The van der Waals surface area contributed by atoms with Crippen molar-refractivity contribution in [3.8, 4) is 10.4 Å². The first-order valence-electron chi connectivity index (χ1n) is 3.66. The summed E-state index contributed by atoms with van der Waals surface area (Å²) in [5.41, 5.74) is 1.34. The molecule has 0 unspecified atom stereocenters. The Morgan fingerprint density at radius 1 is 1.00 bits per heavy atom. The minimum atomic E-state index is 1.32. The summed E-state index contributed by atoms with van der Waals surface area (Å²) in [5.74, 6) is 0. The highest BCUT2D eigenvalue weighted by atomic mass is 127. The lowest BCUT2D eigenvalue weighted by atomic mass is 10.2. The summed E-state index contributed by atoms with van der Waals surface area (Å²) in [6.07, 6.45) is 0. The number of benzene rings is 1. The van der Waals surface area contributed by atoms with E-state index in [1.165, 1.54) is 14.0 Å². The smallest absolute Gasteiger partial charge is 0.0353 e. The van der Waals surface area contributed by atoms with Crippen molar-refractivity contribution in [3.63, 3.8) is 0 Å². The summed E-state index contributed by atoms with van der Waals surface area (Å²) in [6, 6.07) is 12.7. The molecule has 1 aromatic heterocycles. The number of halogens is 1. The van der Waals surface area contributed by atoms with Crippen LogP contribution in [0.25, 0.3) is 10.4 Å². The summed E-state index contributed by atoms with van der Waals surface area (Å²) in [4.78, 5) is 1.35. The molecule has 0 N–H and O–H groups in total. The molecule has 0 atom stereocenters. The van der Waals surface area contributed by atoms with Gasteiger partial charge in [-0.05, 0) is 40.1 Å². The molecular weight excluding hydrogens is 279 g/mol. The highest BCUT2D eigenvalue weighted by Crippen LogP contribution is 2.28. The van der Waals surface area contributed by atoms with Crippen LogP contribution in [0.15, 0.2) is 41.8 Å². The second-order valence-corrected chi connectivity index (χ2v) is 4.57. The van der Waals surface area contributed by atoms with E-state index < -0.39 is 0 Å². The largest absolute Gasteiger partial charge is 0.144 e. The number of hydrogen-bond donors (Lipinski definition) is 0. The quantitative estimate of drug-likeness (QED) is 0.695. The first-order chi connectivity index (χ1) is 5.88. The lowest BCUT2D eigenvalue weighted by Gasteiger charge is -1.99. The molecule has 0 aliphatic heterocycles. The lowest BCUT2D eigenvalue weighted by molar-refractivity contribution is 1.64. The highest BCUT2D eigenvalue weighted by molar-refractivity contribution is 14.1. The Hall–Kier alpha value is -0.350. The van der Waals surface area contributed by atoms with Crippen molar-refractivity contribution in [3.05, 3.63) is 45.3 Å².